The van der Waals surface area contributed by atoms with Gasteiger partial charge >= 0.3 is 0 Å². The van der Waals surface area contributed by atoms with Gasteiger partial charge in [-0.3, -0.25) is 4.79 Å². The van der Waals surface area contributed by atoms with Gasteiger partial charge in [-0.2, -0.15) is 4.31 Å². The quantitative estimate of drug-likeness (QED) is 0.609. The lowest BCUT2D eigenvalue weighted by Crippen LogP contribution is -2.66. The highest BCUT2D eigenvalue weighted by molar-refractivity contribution is 7.89. The zero-order valence-electron chi connectivity index (χ0n) is 21.3. The Kier molecular flexibility index (Phi) is 3.93. The van der Waals surface area contributed by atoms with Crippen LogP contribution in [-0.4, -0.2) is 66.6 Å². The van der Waals surface area contributed by atoms with Gasteiger partial charge in [0.05, 0.1) is 29.8 Å². The minimum atomic E-state index is -3.90. The van der Waals surface area contributed by atoms with Gasteiger partial charge in [-0.25, -0.2) is 8.42 Å². The van der Waals surface area contributed by atoms with Gasteiger partial charge in [0.1, 0.15) is 11.8 Å². The predicted octanol–water partition coefficient (Wildman–Crippen LogP) is 2.63. The first-order valence-electron chi connectivity index (χ1n) is 13.2. The van der Waals surface area contributed by atoms with E-state index in [4.69, 9.17) is 18.9 Å². The van der Waals surface area contributed by atoms with Crippen molar-refractivity contribution in [3.05, 3.63) is 29.8 Å². The first-order valence-corrected chi connectivity index (χ1v) is 14.6. The molecule has 5 aliphatic carbocycles. The Balaban J connectivity index is 1.21. The van der Waals surface area contributed by atoms with Crippen molar-refractivity contribution in [1.29, 1.82) is 0 Å². The van der Waals surface area contributed by atoms with E-state index >= 15 is 0 Å². The van der Waals surface area contributed by atoms with Crippen LogP contribution in [0.15, 0.2) is 29.2 Å². The van der Waals surface area contributed by atoms with Gasteiger partial charge in [0, 0.05) is 23.7 Å². The van der Waals surface area contributed by atoms with E-state index in [9.17, 15) is 13.2 Å². The van der Waals surface area contributed by atoms with E-state index in [0.717, 1.165) is 12.0 Å². The summed E-state index contributed by atoms with van der Waals surface area (Å²) in [6.07, 6.45) is 0.697. The molecule has 1 aromatic carbocycles. The van der Waals surface area contributed by atoms with Crippen molar-refractivity contribution in [2.75, 3.05) is 6.61 Å². The van der Waals surface area contributed by atoms with Crippen LogP contribution < -0.4 is 0 Å². The number of benzene rings is 1. The number of carbonyl (C=O) groups excluding carboxylic acids is 1. The second-order valence-electron chi connectivity index (χ2n) is 13.0. The summed E-state index contributed by atoms with van der Waals surface area (Å²) < 4.78 is 55.1. The van der Waals surface area contributed by atoms with E-state index in [1.807, 2.05) is 20.8 Å². The summed E-state index contributed by atoms with van der Waals surface area (Å²) in [5.74, 6) is 0.504. The number of nitrogens with zero attached hydrogens (tertiary/aromatic N) is 1. The lowest BCUT2D eigenvalue weighted by atomic mass is 9.64. The minimum Gasteiger partial charge on any atom is -0.371 e. The van der Waals surface area contributed by atoms with Gasteiger partial charge in [0.15, 0.2) is 17.2 Å². The fourth-order valence-electron chi connectivity index (χ4n) is 9.64. The highest BCUT2D eigenvalue weighted by Gasteiger charge is 2.95. The van der Waals surface area contributed by atoms with Gasteiger partial charge in [-0.1, -0.05) is 17.7 Å². The second-order valence-corrected chi connectivity index (χ2v) is 14.9. The molecular weight excluding hydrogens is 482 g/mol. The van der Waals surface area contributed by atoms with Crippen molar-refractivity contribution in [2.45, 2.75) is 93.8 Å². The molecule has 0 aromatic heterocycles. The van der Waals surface area contributed by atoms with E-state index in [0.29, 0.717) is 17.8 Å². The van der Waals surface area contributed by atoms with Crippen LogP contribution in [0.5, 0.6) is 0 Å². The largest absolute Gasteiger partial charge is 0.371 e. The monoisotopic (exact) mass is 515 g/mol. The summed E-state index contributed by atoms with van der Waals surface area (Å²) in [6.45, 7) is 9.32. The molecule has 10 atom stereocenters. The average molecular weight is 516 g/mol. The third kappa shape index (κ3) is 2.32. The Morgan fingerprint density at radius 2 is 1.78 bits per heavy atom. The zero-order valence-corrected chi connectivity index (χ0v) is 22.1. The highest BCUT2D eigenvalue weighted by Crippen LogP contribution is 2.88. The smallest absolute Gasteiger partial charge is 0.245 e. The molecule has 8 fully saturated rings. The molecule has 8 nitrogen and oxygen atoms in total. The van der Waals surface area contributed by atoms with Crippen molar-refractivity contribution in [2.24, 2.45) is 29.1 Å². The molecule has 0 radical (unpaired) electrons. The molecule has 5 saturated carbocycles. The molecule has 3 heterocycles. The average Bonchev–Trinajstić information content (AvgIpc) is 3.35. The summed E-state index contributed by atoms with van der Waals surface area (Å²) >= 11 is 0. The second kappa shape index (κ2) is 6.26. The molecular formula is C27H33NO7S. The molecule has 6 bridgehead atoms. The number of ketones is 1. The molecule has 8 aliphatic rings. The lowest BCUT2D eigenvalue weighted by molar-refractivity contribution is -0.183. The van der Waals surface area contributed by atoms with E-state index in [1.54, 1.807) is 38.1 Å². The molecule has 194 valence electrons. The minimum absolute atomic E-state index is 0.132. The number of fused-ring (bicyclic) bond motifs is 2. The van der Waals surface area contributed by atoms with Crippen molar-refractivity contribution in [1.82, 2.24) is 4.31 Å². The summed E-state index contributed by atoms with van der Waals surface area (Å²) in [7, 11) is -3.90. The molecule has 3 aliphatic heterocycles. The van der Waals surface area contributed by atoms with Crippen LogP contribution in [-0.2, 0) is 33.8 Å². The Morgan fingerprint density at radius 3 is 2.47 bits per heavy atom. The topological polar surface area (TPSA) is 91.4 Å². The first-order chi connectivity index (χ1) is 16.8. The molecule has 0 N–H and O–H groups in total. The Labute approximate surface area is 211 Å². The van der Waals surface area contributed by atoms with Gasteiger partial charge in [-0.15, -0.1) is 0 Å². The number of sulfonamides is 1. The fraction of sp³-hybridized carbons (Fsp3) is 0.741. The van der Waals surface area contributed by atoms with E-state index < -0.39 is 39.3 Å². The van der Waals surface area contributed by atoms with Gasteiger partial charge in [0.2, 0.25) is 10.0 Å². The van der Waals surface area contributed by atoms with Crippen LogP contribution in [0.4, 0.5) is 0 Å². The van der Waals surface area contributed by atoms with Gasteiger partial charge in [0.25, 0.3) is 0 Å². The number of rotatable bonds is 4. The van der Waals surface area contributed by atoms with Crippen LogP contribution in [0, 0.1) is 36.0 Å². The third-order valence-corrected chi connectivity index (χ3v) is 12.6. The summed E-state index contributed by atoms with van der Waals surface area (Å²) in [5, 5.41) is 0. The van der Waals surface area contributed by atoms with Crippen molar-refractivity contribution in [3.63, 3.8) is 0 Å². The number of hydrogen-bond donors (Lipinski definition) is 0. The van der Waals surface area contributed by atoms with Crippen LogP contribution in [0.1, 0.15) is 46.1 Å². The Bertz CT molecular complexity index is 1310. The molecule has 9 rings (SSSR count). The SMILES string of the molecule is Cc1ccc(S(=O)(=O)N2[C@@H](C[C@]34OC(C)(C)O[C@H]3[C@@H]3O[C@H]5[C@@H]6C[C@@H]7[C@H]5[C@]7(C4=O)[C@@H]63)COC2(C)C)cc1. The van der Waals surface area contributed by atoms with E-state index in [1.165, 1.54) is 4.31 Å². The Hall–Kier alpha value is -1.36. The fourth-order valence-corrected chi connectivity index (χ4v) is 11.5. The predicted molar refractivity (Wildman–Crippen MR) is 126 cm³/mol. The maximum atomic E-state index is 14.6. The van der Waals surface area contributed by atoms with Crippen molar-refractivity contribution < 1.29 is 32.2 Å². The standard InChI is InChI=1S/C27H33NO7S/c1-13-6-8-15(9-7-13)36(30,31)28-14(12-32-24(28,2)3)11-26-22(34-25(4,5)35-26)21-18-16-10-17-19(20(16)33-21)27(17,18)23(26)29/h6-9,14,16-22H,10-12H2,1-5H3/t14-,16+,17+,18-,19+,20-,21+,22-,26-,27+/m0/s1. The van der Waals surface area contributed by atoms with Gasteiger partial charge < -0.3 is 18.9 Å². The van der Waals surface area contributed by atoms with Crippen LogP contribution in [0.2, 0.25) is 0 Å². The van der Waals surface area contributed by atoms with Crippen molar-refractivity contribution >= 4 is 15.8 Å². The number of aryl methyl sites for hydroxylation is 1. The molecule has 0 unspecified atom stereocenters. The summed E-state index contributed by atoms with van der Waals surface area (Å²) in [6, 6.07) is 6.28. The zero-order chi connectivity index (χ0) is 25.2. The molecule has 0 amide bonds. The number of hydrogen-bond acceptors (Lipinski definition) is 7. The molecule has 3 saturated heterocycles. The molecule has 9 heteroatoms. The normalized spacial score (nSPS) is 50.6. The van der Waals surface area contributed by atoms with Crippen LogP contribution in [0.25, 0.3) is 0 Å². The number of ether oxygens (including phenoxy) is 4. The van der Waals surface area contributed by atoms with E-state index in [2.05, 4.69) is 0 Å². The maximum Gasteiger partial charge on any atom is 0.245 e. The number of carbonyl (C=O) groups is 1. The number of Topliss-reactive ketones (excluding diaryl/α,β-unsaturated/α-hetero) is 1. The van der Waals surface area contributed by atoms with Gasteiger partial charge in [-0.05, 0) is 65.0 Å². The van der Waals surface area contributed by atoms with Crippen LogP contribution >= 0.6 is 0 Å². The highest BCUT2D eigenvalue weighted by atomic mass is 32.2. The van der Waals surface area contributed by atoms with Crippen molar-refractivity contribution in [3.8, 4) is 0 Å². The maximum absolute atomic E-state index is 14.6. The molecule has 1 aromatic rings. The summed E-state index contributed by atoms with van der Waals surface area (Å²) in [4.78, 5) is 14.8. The van der Waals surface area contributed by atoms with E-state index in [-0.39, 0.29) is 47.2 Å². The lowest BCUT2D eigenvalue weighted by Gasteiger charge is -2.48. The molecule has 36 heavy (non-hydrogen) atoms. The van der Waals surface area contributed by atoms with Crippen LogP contribution in [0.3, 0.4) is 0 Å². The Morgan fingerprint density at radius 1 is 1.06 bits per heavy atom. The molecule has 1 spiro atoms. The first kappa shape index (κ1) is 22.6. The summed E-state index contributed by atoms with van der Waals surface area (Å²) in [5.41, 5.74) is -1.70. The third-order valence-electron chi connectivity index (χ3n) is 10.5.